The van der Waals surface area contributed by atoms with Gasteiger partial charge >= 0.3 is 12.0 Å². The Kier molecular flexibility index (Phi) is 5.19. The average molecular weight is 286 g/mol. The molecule has 0 saturated carbocycles. The van der Waals surface area contributed by atoms with E-state index < -0.39 is 12.0 Å². The molecule has 0 aromatic carbocycles. The third-order valence-corrected chi connectivity index (χ3v) is 3.95. The van der Waals surface area contributed by atoms with E-state index in [9.17, 15) is 9.59 Å². The molecule has 2 N–H and O–H groups in total. The molecule has 2 fully saturated rings. The maximum absolute atomic E-state index is 12.2. The summed E-state index contributed by atoms with van der Waals surface area (Å²) in [6.07, 6.45) is 1.02. The van der Waals surface area contributed by atoms with Crippen molar-refractivity contribution in [2.75, 3.05) is 32.9 Å². The van der Waals surface area contributed by atoms with Crippen LogP contribution in [0.15, 0.2) is 0 Å². The largest absolute Gasteiger partial charge is 0.481 e. The summed E-state index contributed by atoms with van der Waals surface area (Å²) in [5.74, 6) is -0.589. The van der Waals surface area contributed by atoms with Gasteiger partial charge in [0.05, 0.1) is 31.8 Å². The molecule has 114 valence electrons. The van der Waals surface area contributed by atoms with Gasteiger partial charge in [-0.2, -0.15) is 0 Å². The van der Waals surface area contributed by atoms with Gasteiger partial charge in [0.1, 0.15) is 0 Å². The van der Waals surface area contributed by atoms with E-state index in [4.69, 9.17) is 14.6 Å². The second kappa shape index (κ2) is 6.90. The topological polar surface area (TPSA) is 88.1 Å². The lowest BCUT2D eigenvalue weighted by Crippen LogP contribution is -2.53. The molecule has 0 aromatic heterocycles. The number of nitrogens with one attached hydrogen (secondary N) is 1. The average Bonchev–Trinajstić information content (AvgIpc) is 2.81. The smallest absolute Gasteiger partial charge is 0.317 e. The van der Waals surface area contributed by atoms with Gasteiger partial charge in [0, 0.05) is 25.6 Å². The van der Waals surface area contributed by atoms with Gasteiger partial charge in [-0.15, -0.1) is 0 Å². The van der Waals surface area contributed by atoms with Crippen molar-refractivity contribution in [2.24, 2.45) is 5.92 Å². The van der Waals surface area contributed by atoms with E-state index >= 15 is 0 Å². The molecule has 3 atom stereocenters. The van der Waals surface area contributed by atoms with Gasteiger partial charge in [0.25, 0.3) is 0 Å². The molecule has 0 radical (unpaired) electrons. The summed E-state index contributed by atoms with van der Waals surface area (Å²) in [6.45, 7) is 4.47. The number of hydrogen-bond donors (Lipinski definition) is 2. The van der Waals surface area contributed by atoms with Crippen LogP contribution in [0.3, 0.4) is 0 Å². The normalized spacial score (nSPS) is 30.2. The number of carbonyl (C=O) groups is 2. The number of morpholine rings is 1. The van der Waals surface area contributed by atoms with Gasteiger partial charge in [0.15, 0.2) is 0 Å². The van der Waals surface area contributed by atoms with Crippen LogP contribution in [-0.2, 0) is 14.3 Å². The SMILES string of the molecule is CC1OCCC1CNC(=O)N1CCOCC1CC(=O)O. The molecule has 2 amide bonds. The molecular formula is C13H22N2O5. The van der Waals surface area contributed by atoms with Crippen LogP contribution in [-0.4, -0.2) is 67.1 Å². The predicted molar refractivity (Wildman–Crippen MR) is 70.5 cm³/mol. The number of amides is 2. The van der Waals surface area contributed by atoms with E-state index in [1.54, 1.807) is 4.90 Å². The summed E-state index contributed by atoms with van der Waals surface area (Å²) in [4.78, 5) is 24.6. The van der Waals surface area contributed by atoms with Gasteiger partial charge in [-0.3, -0.25) is 4.79 Å². The number of ether oxygens (including phenoxy) is 2. The Bertz CT molecular complexity index is 363. The van der Waals surface area contributed by atoms with E-state index in [1.165, 1.54) is 0 Å². The summed E-state index contributed by atoms with van der Waals surface area (Å²) in [5, 5.41) is 11.8. The third-order valence-electron chi connectivity index (χ3n) is 3.95. The quantitative estimate of drug-likeness (QED) is 0.776. The van der Waals surface area contributed by atoms with Crippen LogP contribution in [0, 0.1) is 5.92 Å². The maximum atomic E-state index is 12.2. The summed E-state index contributed by atoms with van der Waals surface area (Å²) < 4.78 is 10.7. The first-order valence-corrected chi connectivity index (χ1v) is 7.03. The number of hydrogen-bond acceptors (Lipinski definition) is 4. The van der Waals surface area contributed by atoms with Gasteiger partial charge in [0.2, 0.25) is 0 Å². The molecule has 0 bridgehead atoms. The highest BCUT2D eigenvalue weighted by molar-refractivity contribution is 5.76. The van der Waals surface area contributed by atoms with Crippen LogP contribution in [0.1, 0.15) is 19.8 Å². The summed E-state index contributed by atoms with van der Waals surface area (Å²) in [5.41, 5.74) is 0. The lowest BCUT2D eigenvalue weighted by molar-refractivity contribution is -0.139. The van der Waals surface area contributed by atoms with Crippen LogP contribution in [0.25, 0.3) is 0 Å². The monoisotopic (exact) mass is 286 g/mol. The lowest BCUT2D eigenvalue weighted by Gasteiger charge is -2.35. The van der Waals surface area contributed by atoms with E-state index in [2.05, 4.69) is 5.32 Å². The Morgan fingerprint density at radius 3 is 2.85 bits per heavy atom. The predicted octanol–water partition coefficient (Wildman–Crippen LogP) is 0.297. The highest BCUT2D eigenvalue weighted by Crippen LogP contribution is 2.19. The molecule has 2 heterocycles. The van der Waals surface area contributed by atoms with E-state index in [-0.39, 0.29) is 25.2 Å². The molecule has 2 aliphatic heterocycles. The van der Waals surface area contributed by atoms with Gasteiger partial charge < -0.3 is 24.8 Å². The number of carbonyl (C=O) groups excluding carboxylic acids is 1. The van der Waals surface area contributed by atoms with Crippen molar-refractivity contribution >= 4 is 12.0 Å². The zero-order valence-electron chi connectivity index (χ0n) is 11.7. The number of aliphatic carboxylic acids is 1. The van der Waals surface area contributed by atoms with Crippen LogP contribution in [0.5, 0.6) is 0 Å². The summed E-state index contributed by atoms with van der Waals surface area (Å²) in [7, 11) is 0. The molecule has 0 aromatic rings. The molecule has 2 rings (SSSR count). The first-order valence-electron chi connectivity index (χ1n) is 7.03. The Hall–Kier alpha value is -1.34. The third kappa shape index (κ3) is 3.83. The number of carboxylic acids is 1. The van der Waals surface area contributed by atoms with Gasteiger partial charge in [-0.05, 0) is 13.3 Å². The van der Waals surface area contributed by atoms with Gasteiger partial charge in [-0.1, -0.05) is 0 Å². The Morgan fingerprint density at radius 2 is 2.20 bits per heavy atom. The van der Waals surface area contributed by atoms with Crippen molar-refractivity contribution in [2.45, 2.75) is 31.9 Å². The highest BCUT2D eigenvalue weighted by atomic mass is 16.5. The zero-order chi connectivity index (χ0) is 14.5. The van der Waals surface area contributed by atoms with Crippen molar-refractivity contribution in [1.29, 1.82) is 0 Å². The summed E-state index contributed by atoms with van der Waals surface area (Å²) in [6, 6.07) is -0.600. The van der Waals surface area contributed by atoms with Crippen LogP contribution < -0.4 is 5.32 Å². The standard InChI is InChI=1S/C13H22N2O5/c1-9-10(2-4-20-9)7-14-13(18)15-3-5-19-8-11(15)6-12(16)17/h9-11H,2-8H2,1H3,(H,14,18)(H,16,17). The molecule has 20 heavy (non-hydrogen) atoms. The molecule has 0 aliphatic carbocycles. The second-order valence-corrected chi connectivity index (χ2v) is 5.33. The zero-order valence-corrected chi connectivity index (χ0v) is 11.7. The Labute approximate surface area is 118 Å². The molecule has 3 unspecified atom stereocenters. The van der Waals surface area contributed by atoms with E-state index in [0.29, 0.717) is 25.6 Å². The number of carboxylic acid groups (broad SMARTS) is 1. The Balaban J connectivity index is 1.84. The van der Waals surface area contributed by atoms with E-state index in [1.807, 2.05) is 6.92 Å². The molecule has 2 saturated heterocycles. The van der Waals surface area contributed by atoms with Crippen LogP contribution in [0.4, 0.5) is 4.79 Å². The fraction of sp³-hybridized carbons (Fsp3) is 0.846. The minimum Gasteiger partial charge on any atom is -0.481 e. The first-order chi connectivity index (χ1) is 9.58. The number of rotatable bonds is 4. The molecule has 7 heteroatoms. The van der Waals surface area contributed by atoms with Crippen molar-refractivity contribution in [3.63, 3.8) is 0 Å². The van der Waals surface area contributed by atoms with Crippen molar-refractivity contribution in [1.82, 2.24) is 10.2 Å². The molecule has 7 nitrogen and oxygen atoms in total. The lowest BCUT2D eigenvalue weighted by atomic mass is 10.0. The van der Waals surface area contributed by atoms with Crippen molar-refractivity contribution in [3.8, 4) is 0 Å². The van der Waals surface area contributed by atoms with Gasteiger partial charge in [-0.25, -0.2) is 4.79 Å². The number of urea groups is 1. The first kappa shape index (κ1) is 15.1. The van der Waals surface area contributed by atoms with E-state index in [0.717, 1.165) is 13.0 Å². The molecule has 0 spiro atoms. The van der Waals surface area contributed by atoms with Crippen LogP contribution >= 0.6 is 0 Å². The molecular weight excluding hydrogens is 264 g/mol. The second-order valence-electron chi connectivity index (χ2n) is 5.33. The fourth-order valence-corrected chi connectivity index (χ4v) is 2.66. The van der Waals surface area contributed by atoms with Crippen molar-refractivity contribution in [3.05, 3.63) is 0 Å². The highest BCUT2D eigenvalue weighted by Gasteiger charge is 2.30. The fourth-order valence-electron chi connectivity index (χ4n) is 2.66. The number of nitrogens with zero attached hydrogens (tertiary/aromatic N) is 1. The Morgan fingerprint density at radius 1 is 1.40 bits per heavy atom. The summed E-state index contributed by atoms with van der Waals surface area (Å²) >= 11 is 0. The maximum Gasteiger partial charge on any atom is 0.317 e. The van der Waals surface area contributed by atoms with Crippen LogP contribution in [0.2, 0.25) is 0 Å². The minimum absolute atomic E-state index is 0.0869. The minimum atomic E-state index is -0.920. The molecule has 2 aliphatic rings. The van der Waals surface area contributed by atoms with Crippen molar-refractivity contribution < 1.29 is 24.2 Å².